The number of aromatic nitrogens is 2. The van der Waals surface area contributed by atoms with Crippen molar-refractivity contribution in [1.82, 2.24) is 15.3 Å². The fourth-order valence-electron chi connectivity index (χ4n) is 1.10. The Morgan fingerprint density at radius 2 is 2.07 bits per heavy atom. The van der Waals surface area contributed by atoms with E-state index in [1.165, 1.54) is 0 Å². The van der Waals surface area contributed by atoms with Gasteiger partial charge in [0, 0.05) is 19.1 Å². The number of anilines is 1. The van der Waals surface area contributed by atoms with Gasteiger partial charge in [-0.3, -0.25) is 4.98 Å². The van der Waals surface area contributed by atoms with E-state index in [0.29, 0.717) is 6.04 Å². The minimum atomic E-state index is 0.477. The molecule has 0 aliphatic carbocycles. The second kappa shape index (κ2) is 6.35. The first-order valence-corrected chi connectivity index (χ1v) is 5.50. The second-order valence-electron chi connectivity index (χ2n) is 3.86. The molecule has 1 aromatic rings. The van der Waals surface area contributed by atoms with Crippen LogP contribution in [0.15, 0.2) is 12.4 Å². The number of rotatable bonds is 6. The molecule has 0 unspecified atom stereocenters. The summed E-state index contributed by atoms with van der Waals surface area (Å²) < 4.78 is 0. The third-order valence-electron chi connectivity index (χ3n) is 1.95. The first-order valence-electron chi connectivity index (χ1n) is 5.50. The predicted molar refractivity (Wildman–Crippen MR) is 62.8 cm³/mol. The van der Waals surface area contributed by atoms with E-state index in [4.69, 9.17) is 0 Å². The number of hydrogen-bond acceptors (Lipinski definition) is 4. The standard InChI is InChI=1S/C11H20N4/c1-4-5-12-11-8-14-10(7-15-11)6-13-9(2)3/h7-9,13H,4-6H2,1-3H3,(H,12,15). The molecule has 1 aromatic heterocycles. The van der Waals surface area contributed by atoms with Crippen LogP contribution in [0.3, 0.4) is 0 Å². The smallest absolute Gasteiger partial charge is 0.144 e. The predicted octanol–water partition coefficient (Wildman–Crippen LogP) is 1.80. The zero-order chi connectivity index (χ0) is 11.1. The lowest BCUT2D eigenvalue weighted by molar-refractivity contribution is 0.580. The Bertz CT molecular complexity index is 268. The van der Waals surface area contributed by atoms with E-state index in [1.54, 1.807) is 6.20 Å². The maximum Gasteiger partial charge on any atom is 0.144 e. The SMILES string of the molecule is CCCNc1cnc(CNC(C)C)cn1. The highest BCUT2D eigenvalue weighted by Gasteiger charge is 1.98. The van der Waals surface area contributed by atoms with Gasteiger partial charge in [-0.1, -0.05) is 20.8 Å². The van der Waals surface area contributed by atoms with Crippen molar-refractivity contribution in [3.63, 3.8) is 0 Å². The third kappa shape index (κ3) is 4.74. The molecule has 0 saturated heterocycles. The van der Waals surface area contributed by atoms with E-state index < -0.39 is 0 Å². The average Bonchev–Trinajstić information content (AvgIpc) is 2.25. The molecular weight excluding hydrogens is 188 g/mol. The fourth-order valence-corrected chi connectivity index (χ4v) is 1.10. The maximum absolute atomic E-state index is 4.32. The van der Waals surface area contributed by atoms with E-state index in [2.05, 4.69) is 41.4 Å². The van der Waals surface area contributed by atoms with Gasteiger partial charge >= 0.3 is 0 Å². The van der Waals surface area contributed by atoms with Gasteiger partial charge < -0.3 is 10.6 Å². The zero-order valence-electron chi connectivity index (χ0n) is 9.75. The summed E-state index contributed by atoms with van der Waals surface area (Å²) in [7, 11) is 0. The Labute approximate surface area is 91.5 Å². The molecule has 15 heavy (non-hydrogen) atoms. The van der Waals surface area contributed by atoms with Crippen molar-refractivity contribution >= 4 is 5.82 Å². The third-order valence-corrected chi connectivity index (χ3v) is 1.95. The molecule has 0 amide bonds. The maximum atomic E-state index is 4.32. The highest BCUT2D eigenvalue weighted by Crippen LogP contribution is 2.01. The Balaban J connectivity index is 2.41. The van der Waals surface area contributed by atoms with Gasteiger partial charge in [0.2, 0.25) is 0 Å². The van der Waals surface area contributed by atoms with E-state index in [9.17, 15) is 0 Å². The average molecular weight is 208 g/mol. The van der Waals surface area contributed by atoms with E-state index in [-0.39, 0.29) is 0 Å². The second-order valence-corrected chi connectivity index (χ2v) is 3.86. The van der Waals surface area contributed by atoms with Gasteiger partial charge in [0.05, 0.1) is 18.1 Å². The summed E-state index contributed by atoms with van der Waals surface area (Å²) in [6, 6.07) is 0.477. The van der Waals surface area contributed by atoms with Crippen LogP contribution in [0.25, 0.3) is 0 Å². The molecule has 0 aromatic carbocycles. The van der Waals surface area contributed by atoms with Crippen molar-refractivity contribution in [2.24, 2.45) is 0 Å². The summed E-state index contributed by atoms with van der Waals surface area (Å²) >= 11 is 0. The van der Waals surface area contributed by atoms with Crippen LogP contribution < -0.4 is 10.6 Å². The number of nitrogens with one attached hydrogen (secondary N) is 2. The van der Waals surface area contributed by atoms with Gasteiger partial charge in [-0.05, 0) is 6.42 Å². The highest BCUT2D eigenvalue weighted by atomic mass is 15.0. The van der Waals surface area contributed by atoms with Gasteiger partial charge in [-0.2, -0.15) is 0 Å². The molecule has 84 valence electrons. The van der Waals surface area contributed by atoms with E-state index in [0.717, 1.165) is 31.0 Å². The van der Waals surface area contributed by atoms with Crippen LogP contribution in [0.4, 0.5) is 5.82 Å². The lowest BCUT2D eigenvalue weighted by Gasteiger charge is -2.07. The number of nitrogens with zero attached hydrogens (tertiary/aromatic N) is 2. The topological polar surface area (TPSA) is 49.8 Å². The Morgan fingerprint density at radius 1 is 1.27 bits per heavy atom. The van der Waals surface area contributed by atoms with E-state index in [1.807, 2.05) is 6.20 Å². The fraction of sp³-hybridized carbons (Fsp3) is 0.636. The van der Waals surface area contributed by atoms with Crippen LogP contribution in [0.5, 0.6) is 0 Å². The summed E-state index contributed by atoms with van der Waals surface area (Å²) in [5, 5.41) is 6.49. The molecule has 0 spiro atoms. The minimum absolute atomic E-state index is 0.477. The lowest BCUT2D eigenvalue weighted by atomic mass is 10.3. The van der Waals surface area contributed by atoms with Crippen molar-refractivity contribution in [1.29, 1.82) is 0 Å². The van der Waals surface area contributed by atoms with Crippen LogP contribution >= 0.6 is 0 Å². The van der Waals surface area contributed by atoms with Gasteiger partial charge in [0.1, 0.15) is 5.82 Å². The molecule has 0 aliphatic rings. The van der Waals surface area contributed by atoms with Crippen LogP contribution in [0.1, 0.15) is 32.9 Å². The van der Waals surface area contributed by atoms with Crippen molar-refractivity contribution < 1.29 is 0 Å². The molecule has 0 atom stereocenters. The van der Waals surface area contributed by atoms with Gasteiger partial charge in [-0.15, -0.1) is 0 Å². The summed E-state index contributed by atoms with van der Waals surface area (Å²) in [6.07, 6.45) is 4.69. The summed E-state index contributed by atoms with van der Waals surface area (Å²) in [5.74, 6) is 0.852. The molecule has 1 rings (SSSR count). The van der Waals surface area contributed by atoms with Crippen LogP contribution in [0, 0.1) is 0 Å². The molecule has 4 nitrogen and oxygen atoms in total. The first kappa shape index (κ1) is 11.9. The minimum Gasteiger partial charge on any atom is -0.369 e. The molecule has 0 aliphatic heterocycles. The van der Waals surface area contributed by atoms with Crippen molar-refractivity contribution in [3.05, 3.63) is 18.1 Å². The molecule has 0 fully saturated rings. The van der Waals surface area contributed by atoms with Crippen molar-refractivity contribution in [3.8, 4) is 0 Å². The quantitative estimate of drug-likeness (QED) is 0.748. The normalized spacial score (nSPS) is 10.7. The number of hydrogen-bond donors (Lipinski definition) is 2. The lowest BCUT2D eigenvalue weighted by Crippen LogP contribution is -2.22. The summed E-state index contributed by atoms with van der Waals surface area (Å²) in [5.41, 5.74) is 0.978. The molecule has 0 bridgehead atoms. The van der Waals surface area contributed by atoms with Gasteiger partial charge in [0.25, 0.3) is 0 Å². The summed E-state index contributed by atoms with van der Waals surface area (Å²) in [6.45, 7) is 8.08. The molecule has 0 radical (unpaired) electrons. The van der Waals surface area contributed by atoms with E-state index >= 15 is 0 Å². The monoisotopic (exact) mass is 208 g/mol. The highest BCUT2D eigenvalue weighted by molar-refractivity contribution is 5.30. The van der Waals surface area contributed by atoms with Crippen LogP contribution in [-0.2, 0) is 6.54 Å². The van der Waals surface area contributed by atoms with Gasteiger partial charge in [-0.25, -0.2) is 4.98 Å². The Hall–Kier alpha value is -1.16. The van der Waals surface area contributed by atoms with Gasteiger partial charge in [0.15, 0.2) is 0 Å². The van der Waals surface area contributed by atoms with Crippen molar-refractivity contribution in [2.45, 2.75) is 39.8 Å². The summed E-state index contributed by atoms with van der Waals surface area (Å²) in [4.78, 5) is 8.60. The molecule has 2 N–H and O–H groups in total. The molecule has 0 saturated carbocycles. The molecule has 1 heterocycles. The Morgan fingerprint density at radius 3 is 2.60 bits per heavy atom. The van der Waals surface area contributed by atoms with Crippen LogP contribution in [0.2, 0.25) is 0 Å². The van der Waals surface area contributed by atoms with Crippen molar-refractivity contribution in [2.75, 3.05) is 11.9 Å². The molecule has 4 heteroatoms. The zero-order valence-corrected chi connectivity index (χ0v) is 9.75. The van der Waals surface area contributed by atoms with Crippen LogP contribution in [-0.4, -0.2) is 22.6 Å². The Kier molecular flexibility index (Phi) is 5.04. The first-order chi connectivity index (χ1) is 7.22. The largest absolute Gasteiger partial charge is 0.369 e. The molecular formula is C11H20N4.